The van der Waals surface area contributed by atoms with Crippen LogP contribution in [0.15, 0.2) is 30.3 Å². The second-order valence-corrected chi connectivity index (χ2v) is 6.98. The van der Waals surface area contributed by atoms with E-state index >= 15 is 0 Å². The van der Waals surface area contributed by atoms with E-state index in [1.165, 1.54) is 5.56 Å². The average molecular weight is 349 g/mol. The molecular weight excluding hydrogens is 325 g/mol. The first-order chi connectivity index (χ1) is 12.0. The zero-order chi connectivity index (χ0) is 18.0. The van der Waals surface area contributed by atoms with Gasteiger partial charge in [0, 0.05) is 25.6 Å². The summed E-state index contributed by atoms with van der Waals surface area (Å²) < 4.78 is 13.8. The molecule has 2 amide bonds. The summed E-state index contributed by atoms with van der Waals surface area (Å²) in [4.78, 5) is 28.3. The fraction of sp³-hybridized carbons (Fsp3) is 0.556. The normalized spacial score (nSPS) is 30.3. The molecule has 0 aliphatic carbocycles. The Balaban J connectivity index is 1.73. The summed E-state index contributed by atoms with van der Waals surface area (Å²) in [6.07, 6.45) is -0.371. The first-order valence-electron chi connectivity index (χ1n) is 8.63. The van der Waals surface area contributed by atoms with Crippen molar-refractivity contribution >= 4 is 11.8 Å². The molecule has 2 aliphatic heterocycles. The van der Waals surface area contributed by atoms with Gasteiger partial charge in [0.1, 0.15) is 12.2 Å². The van der Waals surface area contributed by atoms with Crippen LogP contribution in [0.25, 0.3) is 0 Å². The molecule has 25 heavy (non-hydrogen) atoms. The first kappa shape index (κ1) is 17.8. The molecule has 0 saturated carbocycles. The van der Waals surface area contributed by atoms with Gasteiger partial charge in [0.2, 0.25) is 11.8 Å². The van der Waals surface area contributed by atoms with E-state index in [0.717, 1.165) is 6.42 Å². The molecule has 1 aromatic carbocycles. The predicted octanol–water partition coefficient (Wildman–Crippen LogP) is 1.17. The van der Waals surface area contributed by atoms with Crippen molar-refractivity contribution < 1.29 is 19.2 Å². The first-order valence-corrected chi connectivity index (χ1v) is 8.63. The zero-order valence-corrected chi connectivity index (χ0v) is 14.3. The van der Waals surface area contributed by atoms with E-state index in [4.69, 9.17) is 5.21 Å². The number of piperidine rings is 1. The van der Waals surface area contributed by atoms with Crippen LogP contribution in [0.4, 0.5) is 4.39 Å². The van der Waals surface area contributed by atoms with Gasteiger partial charge in [-0.1, -0.05) is 30.3 Å². The summed E-state index contributed by atoms with van der Waals surface area (Å²) in [6.45, 7) is 1.33. The topological polar surface area (TPSA) is 72.9 Å². The lowest BCUT2D eigenvalue weighted by molar-refractivity contribution is -0.149. The van der Waals surface area contributed by atoms with Gasteiger partial charge in [-0.15, -0.1) is 0 Å². The third kappa shape index (κ3) is 3.67. The minimum absolute atomic E-state index is 0.0525. The van der Waals surface area contributed by atoms with Gasteiger partial charge >= 0.3 is 0 Å². The maximum absolute atomic E-state index is 13.8. The molecule has 136 valence electrons. The van der Waals surface area contributed by atoms with Gasteiger partial charge in [0.25, 0.3) is 0 Å². The van der Waals surface area contributed by atoms with Crippen LogP contribution in [-0.4, -0.2) is 65.7 Å². The van der Waals surface area contributed by atoms with Gasteiger partial charge in [-0.05, 0) is 25.5 Å². The van der Waals surface area contributed by atoms with Crippen LogP contribution in [0, 0.1) is 5.92 Å². The zero-order valence-electron chi connectivity index (χ0n) is 14.3. The maximum atomic E-state index is 13.8. The third-order valence-corrected chi connectivity index (χ3v) is 5.32. The number of nitrogens with zero attached hydrogens (tertiary/aromatic N) is 2. The van der Waals surface area contributed by atoms with Gasteiger partial charge in [-0.2, -0.15) is 0 Å². The monoisotopic (exact) mass is 349 g/mol. The molecule has 1 aromatic rings. The number of carbonyl (C=O) groups is 2. The number of amides is 2. The van der Waals surface area contributed by atoms with E-state index in [1.807, 2.05) is 18.2 Å². The highest BCUT2D eigenvalue weighted by atomic mass is 19.1. The second-order valence-electron chi connectivity index (χ2n) is 6.98. The van der Waals surface area contributed by atoms with Crippen LogP contribution in [-0.2, 0) is 9.59 Å². The van der Waals surface area contributed by atoms with Gasteiger partial charge in [0.05, 0.1) is 5.92 Å². The van der Waals surface area contributed by atoms with Gasteiger partial charge in [-0.25, -0.2) is 9.87 Å². The molecule has 7 heteroatoms. The second kappa shape index (κ2) is 7.49. The van der Waals surface area contributed by atoms with E-state index < -0.39 is 24.0 Å². The van der Waals surface area contributed by atoms with Crippen molar-refractivity contribution in [3.05, 3.63) is 35.9 Å². The Hall–Kier alpha value is -1.99. The number of likely N-dealkylation sites (tertiary alicyclic amines) is 2. The maximum Gasteiger partial charge on any atom is 0.248 e. The molecule has 2 saturated heterocycles. The molecule has 6 nitrogen and oxygen atoms in total. The molecular formula is C18H24FN3O3. The molecule has 2 aliphatic rings. The number of carbonyl (C=O) groups excluding carboxylic acids is 2. The standard InChI is InChI=1S/C18H24FN3O3/c1-21-11-14(19)9-15(17(23)20-25)16(21)18(24)22-8-7-13(10-22)12-5-3-2-4-6-12/h2-6,13-16,25H,7-11H2,1H3,(H,20,23)/t13-,14?,15-,16-/m0/s1. The largest absolute Gasteiger partial charge is 0.341 e. The minimum Gasteiger partial charge on any atom is -0.341 e. The van der Waals surface area contributed by atoms with Crippen LogP contribution in [0.5, 0.6) is 0 Å². The molecule has 3 rings (SSSR count). The fourth-order valence-electron chi connectivity index (χ4n) is 4.05. The van der Waals surface area contributed by atoms with E-state index in [1.54, 1.807) is 22.3 Å². The predicted molar refractivity (Wildman–Crippen MR) is 89.7 cm³/mol. The van der Waals surface area contributed by atoms with Crippen LogP contribution in [0.2, 0.25) is 0 Å². The quantitative estimate of drug-likeness (QED) is 0.635. The lowest BCUT2D eigenvalue weighted by Gasteiger charge is -2.40. The molecule has 0 bridgehead atoms. The lowest BCUT2D eigenvalue weighted by atomic mass is 9.87. The van der Waals surface area contributed by atoms with Crippen LogP contribution in [0.1, 0.15) is 24.3 Å². The summed E-state index contributed by atoms with van der Waals surface area (Å²) in [5, 5.41) is 8.95. The lowest BCUT2D eigenvalue weighted by Crippen LogP contribution is -2.59. The minimum atomic E-state index is -1.19. The molecule has 0 spiro atoms. The van der Waals surface area contributed by atoms with Gasteiger partial charge < -0.3 is 4.90 Å². The number of hydrogen-bond donors (Lipinski definition) is 2. The van der Waals surface area contributed by atoms with Crippen molar-refractivity contribution in [2.75, 3.05) is 26.7 Å². The van der Waals surface area contributed by atoms with Crippen molar-refractivity contribution in [3.63, 3.8) is 0 Å². The number of halogens is 1. The summed E-state index contributed by atoms with van der Waals surface area (Å²) in [7, 11) is 1.65. The van der Waals surface area contributed by atoms with E-state index in [2.05, 4.69) is 12.1 Å². The Morgan fingerprint density at radius 1 is 1.24 bits per heavy atom. The third-order valence-electron chi connectivity index (χ3n) is 5.32. The van der Waals surface area contributed by atoms with Gasteiger partial charge in [-0.3, -0.25) is 19.7 Å². The van der Waals surface area contributed by atoms with Crippen LogP contribution >= 0.6 is 0 Å². The SMILES string of the molecule is CN1CC(F)C[C@H](C(=O)NO)[C@H]1C(=O)N1CC[C@H](c2ccccc2)C1. The molecule has 2 fully saturated rings. The molecule has 4 atom stereocenters. The van der Waals surface area contributed by atoms with Crippen molar-refractivity contribution in [3.8, 4) is 0 Å². The highest BCUT2D eigenvalue weighted by Crippen LogP contribution is 2.31. The van der Waals surface area contributed by atoms with Crippen molar-refractivity contribution in [1.29, 1.82) is 0 Å². The number of nitrogens with one attached hydrogen (secondary N) is 1. The summed E-state index contributed by atoms with van der Waals surface area (Å²) >= 11 is 0. The fourth-order valence-corrected chi connectivity index (χ4v) is 4.05. The Bertz CT molecular complexity index is 627. The van der Waals surface area contributed by atoms with Crippen LogP contribution < -0.4 is 5.48 Å². The molecule has 2 heterocycles. The number of alkyl halides is 1. The van der Waals surface area contributed by atoms with E-state index in [0.29, 0.717) is 13.1 Å². The highest BCUT2D eigenvalue weighted by molar-refractivity contribution is 5.90. The number of rotatable bonds is 3. The van der Waals surface area contributed by atoms with Crippen molar-refractivity contribution in [2.45, 2.75) is 31.0 Å². The summed E-state index contributed by atoms with van der Waals surface area (Å²) in [6, 6.07) is 9.30. The van der Waals surface area contributed by atoms with E-state index in [9.17, 15) is 14.0 Å². The average Bonchev–Trinajstić information content (AvgIpc) is 3.11. The van der Waals surface area contributed by atoms with Gasteiger partial charge in [0.15, 0.2) is 0 Å². The summed E-state index contributed by atoms with van der Waals surface area (Å²) in [5.41, 5.74) is 2.78. The smallest absolute Gasteiger partial charge is 0.248 e. The van der Waals surface area contributed by atoms with E-state index in [-0.39, 0.29) is 24.8 Å². The number of benzene rings is 1. The van der Waals surface area contributed by atoms with Crippen molar-refractivity contribution in [2.24, 2.45) is 5.92 Å². The van der Waals surface area contributed by atoms with Crippen LogP contribution in [0.3, 0.4) is 0 Å². The Morgan fingerprint density at radius 2 is 1.96 bits per heavy atom. The number of hydrogen-bond acceptors (Lipinski definition) is 4. The Morgan fingerprint density at radius 3 is 2.64 bits per heavy atom. The molecule has 1 unspecified atom stereocenters. The molecule has 2 N–H and O–H groups in total. The van der Waals surface area contributed by atoms with Crippen molar-refractivity contribution in [1.82, 2.24) is 15.3 Å². The number of hydroxylamine groups is 1. The highest BCUT2D eigenvalue weighted by Gasteiger charge is 2.45. The molecule has 0 radical (unpaired) electrons. The molecule has 0 aromatic heterocycles. The number of likely N-dealkylation sites (N-methyl/N-ethyl adjacent to an activating group) is 1. The summed E-state index contributed by atoms with van der Waals surface area (Å²) in [5.74, 6) is -1.48. The Labute approximate surface area is 146 Å². The Kier molecular flexibility index (Phi) is 5.34.